The summed E-state index contributed by atoms with van der Waals surface area (Å²) in [4.78, 5) is 20.5. The molecule has 3 aromatic rings. The highest BCUT2D eigenvalue weighted by molar-refractivity contribution is 5.63. The van der Waals surface area contributed by atoms with E-state index in [1.807, 2.05) is 38.4 Å². The number of aromatic nitrogens is 4. The summed E-state index contributed by atoms with van der Waals surface area (Å²) in [5, 5.41) is 0. The van der Waals surface area contributed by atoms with Crippen LogP contribution < -0.4 is 9.64 Å². The van der Waals surface area contributed by atoms with Gasteiger partial charge in [0.15, 0.2) is 0 Å². The molecule has 0 amide bonds. The van der Waals surface area contributed by atoms with Crippen LogP contribution in [0, 0.1) is 20.8 Å². The van der Waals surface area contributed by atoms with Gasteiger partial charge in [-0.05, 0) is 38.5 Å². The van der Waals surface area contributed by atoms with Crippen molar-refractivity contribution in [3.05, 3.63) is 58.9 Å². The Morgan fingerprint density at radius 1 is 1.00 bits per heavy atom. The molecule has 0 unspecified atom stereocenters. The summed E-state index contributed by atoms with van der Waals surface area (Å²) in [6.45, 7) is 7.81. The zero-order chi connectivity index (χ0) is 19.0. The molecule has 4 heterocycles. The summed E-state index contributed by atoms with van der Waals surface area (Å²) in [7, 11) is 1.62. The van der Waals surface area contributed by atoms with Crippen LogP contribution in [0.5, 0.6) is 5.88 Å². The Bertz CT molecular complexity index is 985. The SMILES string of the molecule is COc1ccc(-c2cnc3c(c2)CN(c2nc(C)nc(C)c2C)CC3)cn1. The van der Waals surface area contributed by atoms with Gasteiger partial charge in [-0.2, -0.15) is 0 Å². The molecule has 138 valence electrons. The summed E-state index contributed by atoms with van der Waals surface area (Å²) >= 11 is 0. The van der Waals surface area contributed by atoms with Gasteiger partial charge in [0.2, 0.25) is 5.88 Å². The van der Waals surface area contributed by atoms with Gasteiger partial charge in [-0.1, -0.05) is 0 Å². The quantitative estimate of drug-likeness (QED) is 0.712. The number of anilines is 1. The number of hydrogen-bond acceptors (Lipinski definition) is 6. The second-order valence-electron chi connectivity index (χ2n) is 6.90. The normalized spacial score (nSPS) is 13.4. The Kier molecular flexibility index (Phi) is 4.48. The molecule has 6 nitrogen and oxygen atoms in total. The minimum atomic E-state index is 0.612. The van der Waals surface area contributed by atoms with Crippen molar-refractivity contribution < 1.29 is 4.74 Å². The predicted molar refractivity (Wildman–Crippen MR) is 105 cm³/mol. The standard InChI is InChI=1S/C21H23N5O/c1-13-14(2)24-15(3)25-21(13)26-8-7-19-18(12-26)9-17(11-22-19)16-5-6-20(27-4)23-10-16/h5-6,9-11H,7-8,12H2,1-4H3. The van der Waals surface area contributed by atoms with Crippen LogP contribution in [0.15, 0.2) is 30.6 Å². The molecule has 0 aromatic carbocycles. The van der Waals surface area contributed by atoms with E-state index in [4.69, 9.17) is 14.7 Å². The van der Waals surface area contributed by atoms with Crippen LogP contribution in [0.2, 0.25) is 0 Å². The lowest BCUT2D eigenvalue weighted by Crippen LogP contribution is -2.32. The summed E-state index contributed by atoms with van der Waals surface area (Å²) in [5.41, 5.74) is 6.69. The molecule has 0 saturated heterocycles. The molecule has 0 atom stereocenters. The van der Waals surface area contributed by atoms with Crippen LogP contribution in [0.25, 0.3) is 11.1 Å². The summed E-state index contributed by atoms with van der Waals surface area (Å²) in [6.07, 6.45) is 4.67. The van der Waals surface area contributed by atoms with Crippen molar-refractivity contribution in [2.75, 3.05) is 18.6 Å². The third-order valence-corrected chi connectivity index (χ3v) is 5.09. The average Bonchev–Trinajstić information content (AvgIpc) is 2.70. The number of methoxy groups -OCH3 is 1. The minimum Gasteiger partial charge on any atom is -0.481 e. The van der Waals surface area contributed by atoms with E-state index in [1.54, 1.807) is 7.11 Å². The molecule has 4 rings (SSSR count). The third-order valence-electron chi connectivity index (χ3n) is 5.09. The van der Waals surface area contributed by atoms with Crippen molar-refractivity contribution in [1.29, 1.82) is 0 Å². The maximum atomic E-state index is 5.14. The van der Waals surface area contributed by atoms with Crippen LogP contribution in [-0.4, -0.2) is 33.6 Å². The number of pyridine rings is 2. The van der Waals surface area contributed by atoms with Crippen molar-refractivity contribution in [2.24, 2.45) is 0 Å². The van der Waals surface area contributed by atoms with E-state index in [1.165, 1.54) is 5.56 Å². The maximum absolute atomic E-state index is 5.14. The highest BCUT2D eigenvalue weighted by atomic mass is 16.5. The van der Waals surface area contributed by atoms with Gasteiger partial charge in [0, 0.05) is 66.0 Å². The predicted octanol–water partition coefficient (Wildman–Crippen LogP) is 3.43. The lowest BCUT2D eigenvalue weighted by Gasteiger charge is -2.31. The topological polar surface area (TPSA) is 64.0 Å². The molecule has 0 spiro atoms. The Morgan fingerprint density at radius 3 is 2.56 bits per heavy atom. The van der Waals surface area contributed by atoms with Crippen molar-refractivity contribution in [1.82, 2.24) is 19.9 Å². The first-order chi connectivity index (χ1) is 13.0. The van der Waals surface area contributed by atoms with E-state index in [0.717, 1.165) is 59.2 Å². The summed E-state index contributed by atoms with van der Waals surface area (Å²) in [6, 6.07) is 6.10. The Hall–Kier alpha value is -3.02. The monoisotopic (exact) mass is 361 g/mol. The van der Waals surface area contributed by atoms with E-state index in [2.05, 4.69) is 27.9 Å². The van der Waals surface area contributed by atoms with Gasteiger partial charge in [0.25, 0.3) is 0 Å². The Balaban J connectivity index is 1.66. The summed E-state index contributed by atoms with van der Waals surface area (Å²) in [5.74, 6) is 2.46. The van der Waals surface area contributed by atoms with Crippen molar-refractivity contribution in [2.45, 2.75) is 33.7 Å². The van der Waals surface area contributed by atoms with Crippen LogP contribution >= 0.6 is 0 Å². The first kappa shape index (κ1) is 17.4. The first-order valence-electron chi connectivity index (χ1n) is 9.10. The molecule has 27 heavy (non-hydrogen) atoms. The zero-order valence-electron chi connectivity index (χ0n) is 16.2. The van der Waals surface area contributed by atoms with E-state index < -0.39 is 0 Å². The molecule has 1 aliphatic rings. The zero-order valence-corrected chi connectivity index (χ0v) is 16.2. The van der Waals surface area contributed by atoms with E-state index in [9.17, 15) is 0 Å². The molecular weight excluding hydrogens is 338 g/mol. The molecule has 1 aliphatic heterocycles. The fourth-order valence-electron chi connectivity index (χ4n) is 3.50. The lowest BCUT2D eigenvalue weighted by molar-refractivity contribution is 0.398. The van der Waals surface area contributed by atoms with Gasteiger partial charge in [-0.25, -0.2) is 15.0 Å². The average molecular weight is 361 g/mol. The molecule has 0 aliphatic carbocycles. The molecule has 0 radical (unpaired) electrons. The Morgan fingerprint density at radius 2 is 1.81 bits per heavy atom. The van der Waals surface area contributed by atoms with Crippen molar-refractivity contribution in [3.8, 4) is 17.0 Å². The molecule has 0 N–H and O–H groups in total. The molecule has 0 saturated carbocycles. The fourth-order valence-corrected chi connectivity index (χ4v) is 3.50. The molecular formula is C21H23N5O. The number of ether oxygens (including phenoxy) is 1. The number of hydrogen-bond donors (Lipinski definition) is 0. The smallest absolute Gasteiger partial charge is 0.212 e. The highest BCUT2D eigenvalue weighted by Gasteiger charge is 2.21. The highest BCUT2D eigenvalue weighted by Crippen LogP contribution is 2.29. The van der Waals surface area contributed by atoms with Gasteiger partial charge in [0.1, 0.15) is 11.6 Å². The van der Waals surface area contributed by atoms with Crippen LogP contribution in [0.3, 0.4) is 0 Å². The van der Waals surface area contributed by atoms with Crippen molar-refractivity contribution >= 4 is 5.82 Å². The number of rotatable bonds is 3. The van der Waals surface area contributed by atoms with Crippen LogP contribution in [-0.2, 0) is 13.0 Å². The van der Waals surface area contributed by atoms with Crippen molar-refractivity contribution in [3.63, 3.8) is 0 Å². The first-order valence-corrected chi connectivity index (χ1v) is 9.10. The third kappa shape index (κ3) is 3.35. The summed E-state index contributed by atoms with van der Waals surface area (Å²) < 4.78 is 5.14. The van der Waals surface area contributed by atoms with E-state index in [0.29, 0.717) is 5.88 Å². The molecule has 0 fully saturated rings. The van der Waals surface area contributed by atoms with Gasteiger partial charge in [0.05, 0.1) is 7.11 Å². The van der Waals surface area contributed by atoms with E-state index >= 15 is 0 Å². The Labute approximate surface area is 159 Å². The van der Waals surface area contributed by atoms with Gasteiger partial charge >= 0.3 is 0 Å². The fraction of sp³-hybridized carbons (Fsp3) is 0.333. The molecule has 0 bridgehead atoms. The number of nitrogens with zero attached hydrogens (tertiary/aromatic N) is 5. The van der Waals surface area contributed by atoms with E-state index in [-0.39, 0.29) is 0 Å². The second kappa shape index (κ2) is 6.95. The largest absolute Gasteiger partial charge is 0.481 e. The number of aryl methyl sites for hydroxylation is 2. The van der Waals surface area contributed by atoms with Gasteiger partial charge in [-0.15, -0.1) is 0 Å². The van der Waals surface area contributed by atoms with Gasteiger partial charge < -0.3 is 9.64 Å². The number of fused-ring (bicyclic) bond motifs is 1. The minimum absolute atomic E-state index is 0.612. The maximum Gasteiger partial charge on any atom is 0.212 e. The lowest BCUT2D eigenvalue weighted by atomic mass is 10.0. The second-order valence-corrected chi connectivity index (χ2v) is 6.90. The van der Waals surface area contributed by atoms with Crippen LogP contribution in [0.1, 0.15) is 28.3 Å². The molecule has 3 aromatic heterocycles. The van der Waals surface area contributed by atoms with Gasteiger partial charge in [-0.3, -0.25) is 4.98 Å². The molecule has 6 heteroatoms. The van der Waals surface area contributed by atoms with Crippen LogP contribution in [0.4, 0.5) is 5.82 Å².